The van der Waals surface area contributed by atoms with Gasteiger partial charge in [0.2, 0.25) is 5.91 Å². The molecule has 1 amide bonds. The largest absolute Gasteiger partial charge is 0.480 e. The fourth-order valence-electron chi connectivity index (χ4n) is 1.89. The van der Waals surface area contributed by atoms with Crippen molar-refractivity contribution in [2.45, 2.75) is 26.3 Å². The summed E-state index contributed by atoms with van der Waals surface area (Å²) < 4.78 is 0. The van der Waals surface area contributed by atoms with Crippen molar-refractivity contribution in [1.29, 1.82) is 0 Å². The molecule has 1 rings (SSSR count). The number of benzene rings is 1. The van der Waals surface area contributed by atoms with E-state index >= 15 is 0 Å². The minimum absolute atomic E-state index is 0.386. The normalized spacial score (nSPS) is 12.3. The molecule has 1 aromatic carbocycles. The maximum absolute atomic E-state index is 11.8. The Morgan fingerprint density at radius 2 is 2.10 bits per heavy atom. The number of carbonyl (C=O) groups is 2. The third-order valence-electron chi connectivity index (χ3n) is 3.06. The van der Waals surface area contributed by atoms with Crippen LogP contribution in [0.2, 0.25) is 0 Å². The lowest BCUT2D eigenvalue weighted by Gasteiger charge is -2.12. The molecule has 5 heteroatoms. The van der Waals surface area contributed by atoms with Crippen LogP contribution in [0.5, 0.6) is 0 Å². The molecule has 0 aliphatic carbocycles. The van der Waals surface area contributed by atoms with Crippen molar-refractivity contribution in [1.82, 2.24) is 5.32 Å². The van der Waals surface area contributed by atoms with E-state index in [4.69, 9.17) is 5.11 Å². The smallest absolute Gasteiger partial charge is 0.326 e. The molecule has 0 aliphatic rings. The van der Waals surface area contributed by atoms with Gasteiger partial charge in [0.15, 0.2) is 0 Å². The van der Waals surface area contributed by atoms with Crippen molar-refractivity contribution < 1.29 is 14.7 Å². The highest BCUT2D eigenvalue weighted by molar-refractivity contribution is 7.98. The van der Waals surface area contributed by atoms with Gasteiger partial charge < -0.3 is 10.4 Å². The summed E-state index contributed by atoms with van der Waals surface area (Å²) >= 11 is 1.56. The van der Waals surface area contributed by atoms with E-state index in [0.29, 0.717) is 12.2 Å². The number of hydrogen-bond donors (Lipinski definition) is 2. The Balaban J connectivity index is 2.66. The van der Waals surface area contributed by atoms with Gasteiger partial charge in [0.1, 0.15) is 6.04 Å². The highest BCUT2D eigenvalue weighted by Crippen LogP contribution is 2.12. The molecule has 0 spiro atoms. The Hall–Kier alpha value is -1.75. The van der Waals surface area contributed by atoms with Gasteiger partial charge in [-0.1, -0.05) is 23.8 Å². The quantitative estimate of drug-likeness (QED) is 0.760. The molecule has 0 heterocycles. The second-order valence-electron chi connectivity index (χ2n) is 4.87. The van der Waals surface area contributed by atoms with E-state index in [2.05, 4.69) is 5.32 Å². The Morgan fingerprint density at radius 3 is 2.67 bits per heavy atom. The van der Waals surface area contributed by atoms with Crippen LogP contribution in [0.1, 0.15) is 23.1 Å². The summed E-state index contributed by atoms with van der Waals surface area (Å²) in [7, 11) is 0. The molecule has 4 nitrogen and oxygen atoms in total. The molecular formula is C16H21NO3S. The SMILES string of the molecule is CSCC[C@H](NC(=O)/C=C/c1ccc(C)cc1C)C(=O)O. The maximum Gasteiger partial charge on any atom is 0.326 e. The fraction of sp³-hybridized carbons (Fsp3) is 0.375. The fourth-order valence-corrected chi connectivity index (χ4v) is 2.36. The van der Waals surface area contributed by atoms with Gasteiger partial charge in [-0.05, 0) is 49.5 Å². The molecule has 0 aliphatic heterocycles. The predicted molar refractivity (Wildman–Crippen MR) is 87.5 cm³/mol. The molecule has 1 aromatic rings. The van der Waals surface area contributed by atoms with Crippen LogP contribution in [0.15, 0.2) is 24.3 Å². The average Bonchev–Trinajstić information content (AvgIpc) is 2.42. The van der Waals surface area contributed by atoms with E-state index in [-0.39, 0.29) is 5.91 Å². The monoisotopic (exact) mass is 307 g/mol. The highest BCUT2D eigenvalue weighted by Gasteiger charge is 2.17. The van der Waals surface area contributed by atoms with E-state index < -0.39 is 12.0 Å². The van der Waals surface area contributed by atoms with Gasteiger partial charge in [0.25, 0.3) is 0 Å². The molecule has 114 valence electrons. The molecular weight excluding hydrogens is 286 g/mol. The zero-order valence-electron chi connectivity index (χ0n) is 12.6. The third-order valence-corrected chi connectivity index (χ3v) is 3.71. The minimum Gasteiger partial charge on any atom is -0.480 e. The zero-order chi connectivity index (χ0) is 15.8. The molecule has 0 aromatic heterocycles. The first-order valence-electron chi connectivity index (χ1n) is 6.71. The zero-order valence-corrected chi connectivity index (χ0v) is 13.4. The molecule has 0 bridgehead atoms. The number of nitrogens with one attached hydrogen (secondary N) is 1. The number of carboxylic acids is 1. The van der Waals surface area contributed by atoms with Crippen molar-refractivity contribution >= 4 is 29.7 Å². The summed E-state index contributed by atoms with van der Waals surface area (Å²) in [5.41, 5.74) is 3.19. The van der Waals surface area contributed by atoms with Gasteiger partial charge in [0, 0.05) is 6.08 Å². The second-order valence-corrected chi connectivity index (χ2v) is 5.86. The van der Waals surface area contributed by atoms with Gasteiger partial charge >= 0.3 is 5.97 Å². The molecule has 0 radical (unpaired) electrons. The van der Waals surface area contributed by atoms with Crippen LogP contribution in [0.25, 0.3) is 6.08 Å². The molecule has 21 heavy (non-hydrogen) atoms. The van der Waals surface area contributed by atoms with Gasteiger partial charge in [-0.3, -0.25) is 4.79 Å². The van der Waals surface area contributed by atoms with Gasteiger partial charge in [0.05, 0.1) is 0 Å². The standard InChI is InChI=1S/C16H21NO3S/c1-11-4-5-13(12(2)10-11)6-7-15(18)17-14(16(19)20)8-9-21-3/h4-7,10,14H,8-9H2,1-3H3,(H,17,18)(H,19,20)/b7-6+/t14-/m0/s1. The Kier molecular flexibility index (Phi) is 7.02. The van der Waals surface area contributed by atoms with Crippen molar-refractivity contribution in [2.75, 3.05) is 12.0 Å². The van der Waals surface area contributed by atoms with Crippen molar-refractivity contribution in [2.24, 2.45) is 0 Å². The number of aliphatic carboxylic acids is 1. The molecule has 0 fully saturated rings. The van der Waals surface area contributed by atoms with Crippen LogP contribution in [-0.4, -0.2) is 35.0 Å². The molecule has 0 saturated heterocycles. The predicted octanol–water partition coefficient (Wildman–Crippen LogP) is 2.64. The average molecular weight is 307 g/mol. The van der Waals surface area contributed by atoms with Crippen LogP contribution in [-0.2, 0) is 9.59 Å². The Bertz CT molecular complexity index is 540. The lowest BCUT2D eigenvalue weighted by molar-refractivity contribution is -0.141. The van der Waals surface area contributed by atoms with Gasteiger partial charge in [-0.15, -0.1) is 0 Å². The first-order chi connectivity index (χ1) is 9.93. The number of thioether (sulfide) groups is 1. The van der Waals surface area contributed by atoms with Crippen LogP contribution in [0, 0.1) is 13.8 Å². The molecule has 0 saturated carbocycles. The topological polar surface area (TPSA) is 66.4 Å². The molecule has 0 unspecified atom stereocenters. The number of amides is 1. The Labute approximate surface area is 129 Å². The number of aryl methyl sites for hydroxylation is 2. The highest BCUT2D eigenvalue weighted by atomic mass is 32.2. The maximum atomic E-state index is 11.8. The first kappa shape index (κ1) is 17.3. The number of carboxylic acid groups (broad SMARTS) is 1. The summed E-state index contributed by atoms with van der Waals surface area (Å²) in [4.78, 5) is 22.9. The van der Waals surface area contributed by atoms with Crippen LogP contribution >= 0.6 is 11.8 Å². The first-order valence-corrected chi connectivity index (χ1v) is 8.11. The minimum atomic E-state index is -1.00. The second kappa shape index (κ2) is 8.52. The molecule has 1 atom stereocenters. The third kappa shape index (κ3) is 6.04. The lowest BCUT2D eigenvalue weighted by atomic mass is 10.1. The van der Waals surface area contributed by atoms with E-state index in [1.165, 1.54) is 6.08 Å². The molecule has 2 N–H and O–H groups in total. The number of carbonyl (C=O) groups excluding carboxylic acids is 1. The van der Waals surface area contributed by atoms with E-state index in [9.17, 15) is 9.59 Å². The van der Waals surface area contributed by atoms with Crippen LogP contribution in [0.4, 0.5) is 0 Å². The van der Waals surface area contributed by atoms with Gasteiger partial charge in [-0.25, -0.2) is 4.79 Å². The van der Waals surface area contributed by atoms with E-state index in [0.717, 1.165) is 16.7 Å². The number of hydrogen-bond acceptors (Lipinski definition) is 3. The van der Waals surface area contributed by atoms with Crippen LogP contribution in [0.3, 0.4) is 0 Å². The van der Waals surface area contributed by atoms with E-state index in [1.54, 1.807) is 17.8 Å². The summed E-state index contributed by atoms with van der Waals surface area (Å²) in [5.74, 6) is -0.696. The van der Waals surface area contributed by atoms with Gasteiger partial charge in [-0.2, -0.15) is 11.8 Å². The summed E-state index contributed by atoms with van der Waals surface area (Å²) in [6, 6.07) is 5.12. The van der Waals surface area contributed by atoms with E-state index in [1.807, 2.05) is 38.3 Å². The summed E-state index contributed by atoms with van der Waals surface area (Å²) in [6.45, 7) is 3.99. The summed E-state index contributed by atoms with van der Waals surface area (Å²) in [6.07, 6.45) is 5.41. The number of rotatable bonds is 7. The van der Waals surface area contributed by atoms with Crippen LogP contribution < -0.4 is 5.32 Å². The van der Waals surface area contributed by atoms with Crippen molar-refractivity contribution in [3.8, 4) is 0 Å². The van der Waals surface area contributed by atoms with Crippen molar-refractivity contribution in [3.63, 3.8) is 0 Å². The lowest BCUT2D eigenvalue weighted by Crippen LogP contribution is -2.40. The summed E-state index contributed by atoms with van der Waals surface area (Å²) in [5, 5.41) is 11.6. The van der Waals surface area contributed by atoms with Crippen molar-refractivity contribution in [3.05, 3.63) is 41.0 Å². The Morgan fingerprint density at radius 1 is 1.38 bits per heavy atom.